The zero-order valence-electron chi connectivity index (χ0n) is 18.8. The van der Waals surface area contributed by atoms with Crippen LogP contribution in [0.3, 0.4) is 0 Å². The highest BCUT2D eigenvalue weighted by Crippen LogP contribution is 2.70. The third-order valence-electron chi connectivity index (χ3n) is 7.47. The van der Waals surface area contributed by atoms with Crippen LogP contribution in [0.1, 0.15) is 42.5 Å². The number of fused-ring (bicyclic) bond motifs is 1. The molecule has 0 unspecified atom stereocenters. The largest absolute Gasteiger partial charge is 0.370 e. The molecular weight excluding hydrogens is 570 g/mol. The highest BCUT2D eigenvalue weighted by Gasteiger charge is 2.69. The van der Waals surface area contributed by atoms with Crippen LogP contribution in [0, 0.1) is 8.99 Å². The van der Waals surface area contributed by atoms with Crippen molar-refractivity contribution < 1.29 is 18.0 Å². The van der Waals surface area contributed by atoms with Crippen molar-refractivity contribution in [2.24, 2.45) is 5.41 Å². The van der Waals surface area contributed by atoms with E-state index in [0.29, 0.717) is 55.9 Å². The molecule has 1 N–H and O–H groups in total. The van der Waals surface area contributed by atoms with Crippen molar-refractivity contribution in [2.75, 3.05) is 23.3 Å². The second-order valence-electron chi connectivity index (χ2n) is 10.1. The zero-order chi connectivity index (χ0) is 24.4. The van der Waals surface area contributed by atoms with E-state index in [2.05, 4.69) is 38.0 Å². The minimum absolute atomic E-state index is 0.0146. The third kappa shape index (κ3) is 4.09. The summed E-state index contributed by atoms with van der Waals surface area (Å²) in [4.78, 5) is 19.9. The first-order valence-corrected chi connectivity index (χ1v) is 12.7. The van der Waals surface area contributed by atoms with Crippen LogP contribution in [-0.4, -0.2) is 39.4 Å². The number of nitrogens with one attached hydrogen (secondary N) is 1. The highest BCUT2D eigenvalue weighted by molar-refractivity contribution is 14.1. The van der Waals surface area contributed by atoms with Crippen molar-refractivity contribution in [3.8, 4) is 0 Å². The number of aromatic nitrogens is 3. The molecule has 1 aromatic carbocycles. The second-order valence-corrected chi connectivity index (χ2v) is 11.3. The molecule has 1 amide bonds. The Bertz CT molecular complexity index is 1350. The van der Waals surface area contributed by atoms with Gasteiger partial charge >= 0.3 is 0 Å². The number of nitrogens with zero attached hydrogens (tertiary/aromatic N) is 4. The van der Waals surface area contributed by atoms with Gasteiger partial charge in [0.05, 0.1) is 17.4 Å². The summed E-state index contributed by atoms with van der Waals surface area (Å²) in [6.07, 6.45) is 2.45. The molecule has 2 aromatic heterocycles. The Morgan fingerprint density at radius 3 is 2.54 bits per heavy atom. The maximum atomic E-state index is 13.9. The summed E-state index contributed by atoms with van der Waals surface area (Å²) in [6, 6.07) is 9.11. The molecule has 0 radical (unpaired) electrons. The van der Waals surface area contributed by atoms with Gasteiger partial charge in [0, 0.05) is 28.6 Å². The van der Waals surface area contributed by atoms with Crippen LogP contribution in [0.25, 0.3) is 11.0 Å². The van der Waals surface area contributed by atoms with Crippen LogP contribution >= 0.6 is 22.6 Å². The van der Waals surface area contributed by atoms with Gasteiger partial charge < -0.3 is 10.2 Å². The molecule has 35 heavy (non-hydrogen) atoms. The average molecular weight is 593 g/mol. The minimum atomic E-state index is -1.59. The molecule has 2 bridgehead atoms. The number of amides is 1. The zero-order valence-corrected chi connectivity index (χ0v) is 21.0. The molecule has 1 aliphatic heterocycles. The van der Waals surface area contributed by atoms with Gasteiger partial charge in [-0.2, -0.15) is 13.9 Å². The number of halogens is 4. The number of anilines is 2. The van der Waals surface area contributed by atoms with E-state index in [4.69, 9.17) is 0 Å². The molecule has 0 spiro atoms. The lowest BCUT2D eigenvalue weighted by Gasteiger charge is -2.65. The normalized spacial score (nSPS) is 25.3. The number of benzene rings is 1. The quantitative estimate of drug-likeness (QED) is 0.373. The van der Waals surface area contributed by atoms with E-state index in [0.717, 1.165) is 14.6 Å². The number of hydrogen-bond donors (Lipinski definition) is 1. The number of carbonyl (C=O) groups is 1. The van der Waals surface area contributed by atoms with Crippen molar-refractivity contribution in [1.82, 2.24) is 14.8 Å². The van der Waals surface area contributed by atoms with E-state index in [1.54, 1.807) is 18.3 Å². The van der Waals surface area contributed by atoms with Crippen molar-refractivity contribution in [3.63, 3.8) is 0 Å². The Labute approximate surface area is 213 Å². The Hall–Kier alpha value is -2.63. The van der Waals surface area contributed by atoms with Gasteiger partial charge in [-0.05, 0) is 96.0 Å². The van der Waals surface area contributed by atoms with Gasteiger partial charge in [0.2, 0.25) is 0 Å². The smallest absolute Gasteiger partial charge is 0.269 e. The molecule has 3 aliphatic carbocycles. The summed E-state index contributed by atoms with van der Waals surface area (Å²) in [6.45, 7) is 1.48. The number of pyridine rings is 1. The van der Waals surface area contributed by atoms with Crippen LogP contribution in [-0.2, 0) is 6.54 Å². The fourth-order valence-electron chi connectivity index (χ4n) is 5.83. The monoisotopic (exact) mass is 593 g/mol. The molecule has 7 rings (SSSR count). The van der Waals surface area contributed by atoms with Crippen LogP contribution in [0.5, 0.6) is 0 Å². The van der Waals surface area contributed by atoms with E-state index in [1.165, 1.54) is 0 Å². The predicted octanol–water partition coefficient (Wildman–Crippen LogP) is 5.93. The van der Waals surface area contributed by atoms with Gasteiger partial charge in [0.1, 0.15) is 11.5 Å². The van der Waals surface area contributed by atoms with Gasteiger partial charge in [0.25, 0.3) is 12.0 Å². The Morgan fingerprint density at radius 2 is 1.86 bits per heavy atom. The first-order valence-electron chi connectivity index (χ1n) is 11.6. The number of piperidine rings is 1. The van der Waals surface area contributed by atoms with Gasteiger partial charge in [-0.1, -0.05) is 0 Å². The maximum Gasteiger partial charge on any atom is 0.269 e. The van der Waals surface area contributed by atoms with Gasteiger partial charge in [0.15, 0.2) is 5.65 Å². The number of rotatable bonds is 5. The molecule has 10 heteroatoms. The average Bonchev–Trinajstić information content (AvgIpc) is 3.19. The Kier molecular flexibility index (Phi) is 5.35. The van der Waals surface area contributed by atoms with Crippen LogP contribution in [0.2, 0.25) is 0 Å². The summed E-state index contributed by atoms with van der Waals surface area (Å²) < 4.78 is 42.7. The second kappa shape index (κ2) is 8.21. The molecule has 4 fully saturated rings. The van der Waals surface area contributed by atoms with E-state index < -0.39 is 11.7 Å². The maximum absolute atomic E-state index is 13.9. The molecular formula is C25H23F3IN5O. The Morgan fingerprint density at radius 1 is 1.11 bits per heavy atom. The fraction of sp³-hybridized carbons (Fsp3) is 0.400. The van der Waals surface area contributed by atoms with E-state index in [-0.39, 0.29) is 29.7 Å². The number of hydrogen-bond acceptors (Lipinski definition) is 4. The SMILES string of the molecule is O=C(Nc1ccc2cnn(CC34CC(F)(C3)C4)c2n1)c1ccc(I)cc1N1CCC(=C(F)F)CC1. The van der Waals surface area contributed by atoms with Crippen molar-refractivity contribution in [3.05, 3.63) is 57.3 Å². The molecule has 3 aromatic rings. The fourth-order valence-corrected chi connectivity index (χ4v) is 6.31. The molecule has 1 saturated heterocycles. The molecule has 0 atom stereocenters. The molecule has 4 aliphatic rings. The minimum Gasteiger partial charge on any atom is -0.370 e. The van der Waals surface area contributed by atoms with E-state index in [1.807, 2.05) is 27.8 Å². The lowest BCUT2D eigenvalue weighted by molar-refractivity contribution is -0.220. The summed E-state index contributed by atoms with van der Waals surface area (Å²) in [5.41, 5.74) is 1.06. The lowest BCUT2D eigenvalue weighted by atomic mass is 9.42. The standard InChI is InChI=1S/C25H23F3IN5O/c26-21(27)15-5-7-33(8-6-15)19-9-17(29)2-3-18(19)23(35)32-20-4-1-16-10-30-34(22(16)31-20)14-24-11-25(28,12-24)13-24/h1-4,9-10H,5-8,11-14H2,(H,31,32,35). The van der Waals surface area contributed by atoms with E-state index >= 15 is 0 Å². The van der Waals surface area contributed by atoms with E-state index in [9.17, 15) is 18.0 Å². The van der Waals surface area contributed by atoms with Crippen molar-refractivity contribution in [2.45, 2.75) is 44.3 Å². The predicted molar refractivity (Wildman–Crippen MR) is 135 cm³/mol. The first-order chi connectivity index (χ1) is 16.7. The van der Waals surface area contributed by atoms with Crippen LogP contribution < -0.4 is 10.2 Å². The first kappa shape index (κ1) is 22.8. The molecule has 3 saturated carbocycles. The summed E-state index contributed by atoms with van der Waals surface area (Å²) in [5.74, 6) is 0.0859. The Balaban J connectivity index is 1.22. The third-order valence-corrected chi connectivity index (χ3v) is 8.14. The molecule has 182 valence electrons. The van der Waals surface area contributed by atoms with Crippen LogP contribution in [0.4, 0.5) is 24.7 Å². The summed E-state index contributed by atoms with van der Waals surface area (Å²) in [5, 5.41) is 8.19. The lowest BCUT2D eigenvalue weighted by Crippen LogP contribution is -2.65. The van der Waals surface area contributed by atoms with Gasteiger partial charge in [-0.15, -0.1) is 0 Å². The molecule has 3 heterocycles. The number of alkyl halides is 1. The van der Waals surface area contributed by atoms with Gasteiger partial charge in [-0.25, -0.2) is 14.1 Å². The molecule has 6 nitrogen and oxygen atoms in total. The highest BCUT2D eigenvalue weighted by atomic mass is 127. The topological polar surface area (TPSA) is 63.1 Å². The summed E-state index contributed by atoms with van der Waals surface area (Å²) in [7, 11) is 0. The van der Waals surface area contributed by atoms with Gasteiger partial charge in [-0.3, -0.25) is 4.79 Å². The summed E-state index contributed by atoms with van der Waals surface area (Å²) >= 11 is 2.18. The van der Waals surface area contributed by atoms with Crippen molar-refractivity contribution >= 4 is 51.0 Å². The van der Waals surface area contributed by atoms with Crippen LogP contribution in [0.15, 0.2) is 48.2 Å². The number of carbonyl (C=O) groups excluding carboxylic acids is 1. The van der Waals surface area contributed by atoms with Crippen molar-refractivity contribution in [1.29, 1.82) is 0 Å².